The molecule has 2 aromatic carbocycles. The van der Waals surface area contributed by atoms with Crippen LogP contribution in [0.3, 0.4) is 0 Å². The van der Waals surface area contributed by atoms with Crippen molar-refractivity contribution in [2.75, 3.05) is 31.6 Å². The summed E-state index contributed by atoms with van der Waals surface area (Å²) in [6.45, 7) is 5.97. The number of nitrogens with zero attached hydrogens (tertiary/aromatic N) is 3. The molecule has 3 amide bonds. The molecule has 1 unspecified atom stereocenters. The van der Waals surface area contributed by atoms with Crippen molar-refractivity contribution >= 4 is 35.6 Å². The lowest BCUT2D eigenvalue weighted by atomic mass is 9.96. The molecule has 43 heavy (non-hydrogen) atoms. The summed E-state index contributed by atoms with van der Waals surface area (Å²) >= 11 is 6.18. The summed E-state index contributed by atoms with van der Waals surface area (Å²) in [7, 11) is 1.68. The van der Waals surface area contributed by atoms with Crippen LogP contribution in [0.5, 0.6) is 5.75 Å². The number of nitrogens with one attached hydrogen (secondary N) is 2. The molecule has 0 saturated carbocycles. The SMILES string of the molecule is COc1cc(-c2cccc(Cl)c2)cnc1N1CCC(CNCc2ccc3c(c2)CN(C(C)CCC(=O)NC=O)C3=O)CC1. The smallest absolute Gasteiger partial charge is 0.254 e. The van der Waals surface area contributed by atoms with Crippen LogP contribution in [0.1, 0.15) is 54.1 Å². The van der Waals surface area contributed by atoms with Crippen LogP contribution in [0, 0.1) is 5.92 Å². The fraction of sp³-hybridized carbons (Fsp3) is 0.394. The minimum absolute atomic E-state index is 0.00483. The fourth-order valence-electron chi connectivity index (χ4n) is 5.92. The number of anilines is 1. The summed E-state index contributed by atoms with van der Waals surface area (Å²) in [6.07, 6.45) is 5.10. The van der Waals surface area contributed by atoms with Crippen molar-refractivity contribution in [3.05, 3.63) is 76.4 Å². The van der Waals surface area contributed by atoms with Crippen molar-refractivity contribution in [2.24, 2.45) is 5.92 Å². The standard InChI is InChI=1S/C33H38ClN5O4/c1-22(6-9-31(41)37-21-40)39-20-27-14-24(7-8-29(27)33(39)42)18-35-17-23-10-12-38(13-11-23)32-30(43-2)16-26(19-36-32)25-4-3-5-28(34)15-25/h3-5,7-8,14-16,19,21-23,35H,6,9-13,17-18,20H2,1-2H3,(H,37,40,41). The molecule has 2 aliphatic rings. The maximum Gasteiger partial charge on any atom is 0.254 e. The molecule has 3 heterocycles. The largest absolute Gasteiger partial charge is 0.493 e. The van der Waals surface area contributed by atoms with E-state index in [-0.39, 0.29) is 24.3 Å². The number of amides is 3. The van der Waals surface area contributed by atoms with Gasteiger partial charge in [0.1, 0.15) is 0 Å². The molecule has 1 atom stereocenters. The van der Waals surface area contributed by atoms with E-state index in [1.807, 2.05) is 55.6 Å². The number of methoxy groups -OCH3 is 1. The van der Waals surface area contributed by atoms with Gasteiger partial charge in [-0.25, -0.2) is 4.98 Å². The Kier molecular flexibility index (Phi) is 9.94. The van der Waals surface area contributed by atoms with E-state index >= 15 is 0 Å². The van der Waals surface area contributed by atoms with E-state index in [9.17, 15) is 14.4 Å². The number of fused-ring (bicyclic) bond motifs is 1. The molecule has 1 fully saturated rings. The van der Waals surface area contributed by atoms with Crippen molar-refractivity contribution in [1.82, 2.24) is 20.5 Å². The highest BCUT2D eigenvalue weighted by molar-refractivity contribution is 6.30. The molecule has 3 aromatic rings. The van der Waals surface area contributed by atoms with Gasteiger partial charge >= 0.3 is 0 Å². The van der Waals surface area contributed by atoms with Crippen molar-refractivity contribution in [2.45, 2.75) is 51.7 Å². The Labute approximate surface area is 257 Å². The second kappa shape index (κ2) is 14.0. The molecule has 1 aromatic heterocycles. The Morgan fingerprint density at radius 1 is 1.16 bits per heavy atom. The number of aromatic nitrogens is 1. The van der Waals surface area contributed by atoms with Gasteiger partial charge in [0.2, 0.25) is 12.3 Å². The molecular weight excluding hydrogens is 566 g/mol. The third-order valence-corrected chi connectivity index (χ3v) is 8.66. The van der Waals surface area contributed by atoms with Gasteiger partial charge in [-0.15, -0.1) is 0 Å². The molecule has 0 spiro atoms. The average Bonchev–Trinajstić information content (AvgIpc) is 3.35. The van der Waals surface area contributed by atoms with Crippen molar-refractivity contribution in [1.29, 1.82) is 0 Å². The minimum Gasteiger partial charge on any atom is -0.493 e. The average molecular weight is 604 g/mol. The number of piperidine rings is 1. The predicted molar refractivity (Wildman–Crippen MR) is 167 cm³/mol. The number of halogens is 1. The first-order valence-corrected chi connectivity index (χ1v) is 15.2. The van der Waals surface area contributed by atoms with Crippen molar-refractivity contribution < 1.29 is 19.1 Å². The van der Waals surface area contributed by atoms with Gasteiger partial charge in [-0.3, -0.25) is 19.7 Å². The minimum atomic E-state index is -0.329. The zero-order valence-electron chi connectivity index (χ0n) is 24.6. The summed E-state index contributed by atoms with van der Waals surface area (Å²) in [5, 5.41) is 6.46. The Morgan fingerprint density at radius 2 is 1.98 bits per heavy atom. The van der Waals surface area contributed by atoms with E-state index in [1.54, 1.807) is 12.0 Å². The molecule has 9 nitrogen and oxygen atoms in total. The topological polar surface area (TPSA) is 104 Å². The number of hydrogen-bond acceptors (Lipinski definition) is 7. The highest BCUT2D eigenvalue weighted by Gasteiger charge is 2.31. The number of carbonyl (C=O) groups excluding carboxylic acids is 3. The number of benzene rings is 2. The monoisotopic (exact) mass is 603 g/mol. The highest BCUT2D eigenvalue weighted by Crippen LogP contribution is 2.34. The molecule has 5 rings (SSSR count). The molecule has 2 N–H and O–H groups in total. The lowest BCUT2D eigenvalue weighted by Gasteiger charge is -2.33. The third-order valence-electron chi connectivity index (χ3n) is 8.43. The molecule has 1 saturated heterocycles. The first-order valence-electron chi connectivity index (χ1n) is 14.8. The van der Waals surface area contributed by atoms with Gasteiger partial charge in [0.15, 0.2) is 11.6 Å². The predicted octanol–water partition coefficient (Wildman–Crippen LogP) is 4.81. The molecular formula is C33H38ClN5O4. The number of pyridine rings is 1. The van der Waals surface area contributed by atoms with Crippen LogP contribution in [0.15, 0.2) is 54.7 Å². The summed E-state index contributed by atoms with van der Waals surface area (Å²) in [5.74, 6) is 1.87. The van der Waals surface area contributed by atoms with Crippen LogP contribution in [0.2, 0.25) is 5.02 Å². The van der Waals surface area contributed by atoms with E-state index in [0.717, 1.165) is 78.4 Å². The highest BCUT2D eigenvalue weighted by atomic mass is 35.5. The second-order valence-electron chi connectivity index (χ2n) is 11.3. The van der Waals surface area contributed by atoms with Crippen LogP contribution in [0.4, 0.5) is 5.82 Å². The Hall–Kier alpha value is -3.95. The van der Waals surface area contributed by atoms with E-state index in [1.165, 1.54) is 0 Å². The van der Waals surface area contributed by atoms with Crippen LogP contribution in [0.25, 0.3) is 11.1 Å². The van der Waals surface area contributed by atoms with Gasteiger partial charge in [-0.05, 0) is 79.6 Å². The zero-order chi connectivity index (χ0) is 30.3. The third kappa shape index (κ3) is 7.35. The lowest BCUT2D eigenvalue weighted by Crippen LogP contribution is -2.37. The molecule has 226 valence electrons. The van der Waals surface area contributed by atoms with Gasteiger partial charge < -0.3 is 19.9 Å². The molecule has 2 aliphatic heterocycles. The van der Waals surface area contributed by atoms with Crippen LogP contribution in [-0.2, 0) is 22.7 Å². The molecule has 10 heteroatoms. The first kappa shape index (κ1) is 30.5. The Balaban J connectivity index is 1.09. The number of hydrogen-bond donors (Lipinski definition) is 2. The maximum absolute atomic E-state index is 12.9. The van der Waals surface area contributed by atoms with Crippen LogP contribution in [-0.4, -0.2) is 60.9 Å². The normalized spacial score (nSPS) is 15.7. The summed E-state index contributed by atoms with van der Waals surface area (Å²) in [5.41, 5.74) is 4.88. The first-order chi connectivity index (χ1) is 20.9. The van der Waals surface area contributed by atoms with Crippen LogP contribution < -0.4 is 20.3 Å². The molecule has 0 radical (unpaired) electrons. The van der Waals surface area contributed by atoms with Gasteiger partial charge in [-0.2, -0.15) is 0 Å². The number of imide groups is 1. The van der Waals surface area contributed by atoms with E-state index < -0.39 is 0 Å². The van der Waals surface area contributed by atoms with Gasteiger partial charge in [0.25, 0.3) is 5.91 Å². The quantitative estimate of drug-likeness (QED) is 0.286. The number of ether oxygens (including phenoxy) is 1. The van der Waals surface area contributed by atoms with Gasteiger partial charge in [0.05, 0.1) is 7.11 Å². The number of rotatable bonds is 12. The maximum atomic E-state index is 12.9. The number of carbonyl (C=O) groups is 3. The lowest BCUT2D eigenvalue weighted by molar-refractivity contribution is -0.125. The van der Waals surface area contributed by atoms with Crippen LogP contribution >= 0.6 is 11.6 Å². The van der Waals surface area contributed by atoms with Gasteiger partial charge in [0, 0.05) is 61.0 Å². The summed E-state index contributed by atoms with van der Waals surface area (Å²) in [6, 6.07) is 15.7. The summed E-state index contributed by atoms with van der Waals surface area (Å²) < 4.78 is 5.72. The van der Waals surface area contributed by atoms with E-state index in [4.69, 9.17) is 21.3 Å². The molecule has 0 aliphatic carbocycles. The van der Waals surface area contributed by atoms with Crippen molar-refractivity contribution in [3.8, 4) is 16.9 Å². The molecule has 0 bridgehead atoms. The fourth-order valence-corrected chi connectivity index (χ4v) is 6.11. The van der Waals surface area contributed by atoms with E-state index in [2.05, 4.69) is 21.6 Å². The Bertz CT molecular complexity index is 1470. The summed E-state index contributed by atoms with van der Waals surface area (Å²) in [4.78, 5) is 43.9. The Morgan fingerprint density at radius 3 is 2.72 bits per heavy atom. The second-order valence-corrected chi connectivity index (χ2v) is 11.8. The van der Waals surface area contributed by atoms with Crippen molar-refractivity contribution in [3.63, 3.8) is 0 Å². The van der Waals surface area contributed by atoms with Gasteiger partial charge in [-0.1, -0.05) is 35.9 Å². The van der Waals surface area contributed by atoms with E-state index in [0.29, 0.717) is 30.3 Å². The zero-order valence-corrected chi connectivity index (χ0v) is 25.4.